The molecule has 0 aliphatic carbocycles. The molecule has 2 amide bonds. The van der Waals surface area contributed by atoms with Gasteiger partial charge in [-0.25, -0.2) is 0 Å². The van der Waals surface area contributed by atoms with Crippen LogP contribution in [0, 0.1) is 11.3 Å². The number of rotatable bonds is 7. The predicted octanol–water partition coefficient (Wildman–Crippen LogP) is 2.13. The number of carbonyl (C=O) groups excluding carboxylic acids is 2. The minimum atomic E-state index is -0.575. The quantitative estimate of drug-likeness (QED) is 0.558. The Morgan fingerprint density at radius 2 is 2.22 bits per heavy atom. The van der Waals surface area contributed by atoms with Crippen molar-refractivity contribution in [3.63, 3.8) is 0 Å². The standard InChI is InChI=1S/C16H18BrN3O3/c1-3-10(2)20-16(22)12(8-18)6-11-4-5-14(13(17)7-11)23-9-15(19)21/h4-7,10H,3,9H2,1-2H3,(H2,19,21)(H,20,22)/b12-6+/t10-/m0/s1. The van der Waals surface area contributed by atoms with E-state index in [0.717, 1.165) is 6.42 Å². The van der Waals surface area contributed by atoms with Gasteiger partial charge in [-0.1, -0.05) is 13.0 Å². The number of benzene rings is 1. The van der Waals surface area contributed by atoms with Gasteiger partial charge in [-0.3, -0.25) is 9.59 Å². The number of nitrogens with one attached hydrogen (secondary N) is 1. The maximum Gasteiger partial charge on any atom is 0.262 e. The number of amides is 2. The average Bonchev–Trinajstić information content (AvgIpc) is 2.51. The summed E-state index contributed by atoms with van der Waals surface area (Å²) in [6.07, 6.45) is 2.27. The Hall–Kier alpha value is -2.33. The van der Waals surface area contributed by atoms with Crippen molar-refractivity contribution in [2.75, 3.05) is 6.61 Å². The number of nitriles is 1. The molecule has 0 aliphatic rings. The lowest BCUT2D eigenvalue weighted by molar-refractivity contribution is -0.120. The largest absolute Gasteiger partial charge is 0.483 e. The van der Waals surface area contributed by atoms with Crippen LogP contribution in [-0.4, -0.2) is 24.5 Å². The molecule has 0 saturated carbocycles. The maximum absolute atomic E-state index is 12.0. The van der Waals surface area contributed by atoms with Crippen LogP contribution in [0.15, 0.2) is 28.2 Å². The van der Waals surface area contributed by atoms with Crippen LogP contribution in [0.3, 0.4) is 0 Å². The van der Waals surface area contributed by atoms with E-state index in [1.54, 1.807) is 18.2 Å². The molecule has 7 heteroatoms. The second-order valence-electron chi connectivity index (χ2n) is 4.90. The number of carbonyl (C=O) groups is 2. The number of nitrogens with two attached hydrogens (primary N) is 1. The number of primary amides is 1. The normalized spacial score (nSPS) is 12.2. The molecule has 1 aromatic carbocycles. The van der Waals surface area contributed by atoms with Gasteiger partial charge in [-0.05, 0) is 53.0 Å². The molecule has 0 heterocycles. The third-order valence-corrected chi connectivity index (χ3v) is 3.61. The highest BCUT2D eigenvalue weighted by Crippen LogP contribution is 2.26. The number of ether oxygens (including phenoxy) is 1. The summed E-state index contributed by atoms with van der Waals surface area (Å²) in [4.78, 5) is 22.7. The second-order valence-corrected chi connectivity index (χ2v) is 5.75. The lowest BCUT2D eigenvalue weighted by Gasteiger charge is -2.10. The van der Waals surface area contributed by atoms with Gasteiger partial charge in [-0.2, -0.15) is 5.26 Å². The van der Waals surface area contributed by atoms with E-state index in [4.69, 9.17) is 15.7 Å². The van der Waals surface area contributed by atoms with Gasteiger partial charge < -0.3 is 15.8 Å². The molecule has 0 aromatic heterocycles. The van der Waals surface area contributed by atoms with Crippen LogP contribution in [0.4, 0.5) is 0 Å². The van der Waals surface area contributed by atoms with Crippen molar-refractivity contribution in [3.05, 3.63) is 33.8 Å². The smallest absolute Gasteiger partial charge is 0.262 e. The summed E-state index contributed by atoms with van der Waals surface area (Å²) in [5.41, 5.74) is 5.69. The zero-order chi connectivity index (χ0) is 17.4. The zero-order valence-electron chi connectivity index (χ0n) is 12.9. The Kier molecular flexibility index (Phi) is 7.29. The van der Waals surface area contributed by atoms with Crippen molar-refractivity contribution in [1.82, 2.24) is 5.32 Å². The molecule has 0 bridgehead atoms. The molecule has 0 saturated heterocycles. The van der Waals surface area contributed by atoms with E-state index in [9.17, 15) is 9.59 Å². The fourth-order valence-corrected chi connectivity index (χ4v) is 2.10. The zero-order valence-corrected chi connectivity index (χ0v) is 14.5. The molecule has 0 aliphatic heterocycles. The Balaban J connectivity index is 2.93. The van der Waals surface area contributed by atoms with Gasteiger partial charge in [-0.15, -0.1) is 0 Å². The topological polar surface area (TPSA) is 105 Å². The summed E-state index contributed by atoms with van der Waals surface area (Å²) in [7, 11) is 0. The van der Waals surface area contributed by atoms with Gasteiger partial charge in [0.05, 0.1) is 4.47 Å². The minimum absolute atomic E-state index is 0.00411. The summed E-state index contributed by atoms with van der Waals surface area (Å²) in [6.45, 7) is 3.59. The summed E-state index contributed by atoms with van der Waals surface area (Å²) in [5, 5.41) is 11.9. The molecule has 3 N–H and O–H groups in total. The van der Waals surface area contributed by atoms with Crippen LogP contribution in [0.5, 0.6) is 5.75 Å². The highest BCUT2D eigenvalue weighted by Gasteiger charge is 2.12. The number of hydrogen-bond donors (Lipinski definition) is 2. The number of nitrogens with zero attached hydrogens (tertiary/aromatic N) is 1. The molecular weight excluding hydrogens is 362 g/mol. The van der Waals surface area contributed by atoms with Crippen LogP contribution in [0.1, 0.15) is 25.8 Å². The molecule has 0 radical (unpaired) electrons. The molecular formula is C16H18BrN3O3. The van der Waals surface area contributed by atoms with Crippen LogP contribution < -0.4 is 15.8 Å². The van der Waals surface area contributed by atoms with E-state index in [0.29, 0.717) is 15.8 Å². The fourth-order valence-electron chi connectivity index (χ4n) is 1.59. The average molecular weight is 380 g/mol. The number of halogens is 1. The molecule has 23 heavy (non-hydrogen) atoms. The Morgan fingerprint density at radius 3 is 2.74 bits per heavy atom. The molecule has 0 unspecified atom stereocenters. The third kappa shape index (κ3) is 6.12. The lowest BCUT2D eigenvalue weighted by Crippen LogP contribution is -2.32. The van der Waals surface area contributed by atoms with Crippen molar-refractivity contribution >= 4 is 33.8 Å². The van der Waals surface area contributed by atoms with Gasteiger partial charge in [0.15, 0.2) is 6.61 Å². The number of hydrogen-bond acceptors (Lipinski definition) is 4. The monoisotopic (exact) mass is 379 g/mol. The highest BCUT2D eigenvalue weighted by molar-refractivity contribution is 9.10. The van der Waals surface area contributed by atoms with Crippen molar-refractivity contribution in [3.8, 4) is 11.8 Å². The van der Waals surface area contributed by atoms with Crippen LogP contribution >= 0.6 is 15.9 Å². The van der Waals surface area contributed by atoms with E-state index in [1.807, 2.05) is 19.9 Å². The van der Waals surface area contributed by atoms with Crippen molar-refractivity contribution in [2.45, 2.75) is 26.3 Å². The first kappa shape index (κ1) is 18.7. The molecule has 0 spiro atoms. The summed E-state index contributed by atoms with van der Waals surface area (Å²) >= 11 is 3.31. The Bertz CT molecular complexity index is 665. The first-order valence-corrected chi connectivity index (χ1v) is 7.80. The lowest BCUT2D eigenvalue weighted by atomic mass is 10.1. The first-order valence-electron chi connectivity index (χ1n) is 7.00. The van der Waals surface area contributed by atoms with Crippen molar-refractivity contribution in [2.24, 2.45) is 5.73 Å². The molecule has 122 valence electrons. The Labute approximate surface area is 143 Å². The fraction of sp³-hybridized carbons (Fsp3) is 0.312. The van der Waals surface area contributed by atoms with Crippen molar-refractivity contribution in [1.29, 1.82) is 5.26 Å². The van der Waals surface area contributed by atoms with Crippen LogP contribution in [0.2, 0.25) is 0 Å². The minimum Gasteiger partial charge on any atom is -0.483 e. The van der Waals surface area contributed by atoms with Gasteiger partial charge in [0.2, 0.25) is 0 Å². The highest BCUT2D eigenvalue weighted by atomic mass is 79.9. The maximum atomic E-state index is 12.0. The molecule has 6 nitrogen and oxygen atoms in total. The van der Waals surface area contributed by atoms with Gasteiger partial charge >= 0.3 is 0 Å². The summed E-state index contributed by atoms with van der Waals surface area (Å²) < 4.78 is 5.80. The van der Waals surface area contributed by atoms with E-state index in [2.05, 4.69) is 21.2 Å². The predicted molar refractivity (Wildman–Crippen MR) is 90.3 cm³/mol. The SMILES string of the molecule is CC[C@H](C)NC(=O)/C(C#N)=C/c1ccc(OCC(N)=O)c(Br)c1. The second kappa shape index (κ2) is 8.96. The van der Waals surface area contributed by atoms with Gasteiger partial charge in [0, 0.05) is 6.04 Å². The van der Waals surface area contributed by atoms with Crippen molar-refractivity contribution < 1.29 is 14.3 Å². The Morgan fingerprint density at radius 1 is 1.52 bits per heavy atom. The molecule has 1 rings (SSSR count). The van der Waals surface area contributed by atoms with Gasteiger partial charge in [0.1, 0.15) is 17.4 Å². The first-order chi connectivity index (χ1) is 10.9. The third-order valence-electron chi connectivity index (χ3n) is 2.99. The summed E-state index contributed by atoms with van der Waals surface area (Å²) in [6, 6.07) is 6.88. The van der Waals surface area contributed by atoms with Gasteiger partial charge in [0.25, 0.3) is 11.8 Å². The summed E-state index contributed by atoms with van der Waals surface area (Å²) in [5.74, 6) is -0.537. The van der Waals surface area contributed by atoms with E-state index in [1.165, 1.54) is 6.08 Å². The van der Waals surface area contributed by atoms with E-state index < -0.39 is 11.8 Å². The van der Waals surface area contributed by atoms with E-state index >= 15 is 0 Å². The van der Waals surface area contributed by atoms with Crippen LogP contribution in [-0.2, 0) is 9.59 Å². The molecule has 0 fully saturated rings. The van der Waals surface area contributed by atoms with Crippen LogP contribution in [0.25, 0.3) is 6.08 Å². The molecule has 1 atom stereocenters. The van der Waals surface area contributed by atoms with E-state index in [-0.39, 0.29) is 18.2 Å². The molecule has 1 aromatic rings.